The molecule has 352 valence electrons. The summed E-state index contributed by atoms with van der Waals surface area (Å²) >= 11 is 0. The third kappa shape index (κ3) is 44.5. The fraction of sp³-hybridized carbons (Fsp3) is 0.824. The van der Waals surface area contributed by atoms with Gasteiger partial charge < -0.3 is 28.8 Å². The summed E-state index contributed by atoms with van der Waals surface area (Å²) in [7, 11) is 1.24. The van der Waals surface area contributed by atoms with Gasteiger partial charge in [0.05, 0.1) is 39.9 Å². The standard InChI is InChI=1S/C51H97N2O6P/c1-6-8-10-12-14-16-17-18-19-20-21-22-23-24-25-26-27-28-29-30-31-32-33-34-35-37-39-41-43-45-51(55)52-49(48-59-60(56,57)58-47-46-53(3,4)5)50(54)44-42-40-38-36-15-13-11-9-7-2/h15,17-18,20-21,36,42,44,49-50,54H,6-14,16,19,22-35,37-41,43,45-48H2,1-5H3,(H-,52,55,56,57)/b18-17-,21-20-,36-15+,44-42+. The van der Waals surface area contributed by atoms with E-state index in [1.54, 1.807) is 6.08 Å². The molecule has 60 heavy (non-hydrogen) atoms. The first kappa shape index (κ1) is 58.5. The summed E-state index contributed by atoms with van der Waals surface area (Å²) in [6, 6.07) is -0.900. The number of rotatable bonds is 45. The number of phosphoric ester groups is 1. The molecule has 0 aliphatic heterocycles. The number of nitrogens with zero attached hydrogens (tertiary/aromatic N) is 1. The van der Waals surface area contributed by atoms with Crippen molar-refractivity contribution in [3.05, 3.63) is 48.6 Å². The first-order valence-electron chi connectivity index (χ1n) is 25.0. The third-order valence-corrected chi connectivity index (χ3v) is 12.0. The highest BCUT2D eigenvalue weighted by Crippen LogP contribution is 2.38. The zero-order valence-corrected chi connectivity index (χ0v) is 40.8. The fourth-order valence-corrected chi connectivity index (χ4v) is 7.74. The number of carbonyl (C=O) groups excluding carboxylic acids is 1. The van der Waals surface area contributed by atoms with Gasteiger partial charge in [-0.15, -0.1) is 0 Å². The lowest BCUT2D eigenvalue weighted by atomic mass is 10.0. The van der Waals surface area contributed by atoms with Gasteiger partial charge in [-0.25, -0.2) is 0 Å². The molecule has 0 radical (unpaired) electrons. The lowest BCUT2D eigenvalue weighted by molar-refractivity contribution is -0.870. The number of aliphatic hydroxyl groups is 1. The third-order valence-electron chi connectivity index (χ3n) is 11.0. The molecule has 2 N–H and O–H groups in total. The summed E-state index contributed by atoms with van der Waals surface area (Å²) in [6.07, 6.45) is 54.8. The second-order valence-electron chi connectivity index (χ2n) is 18.2. The molecule has 0 aromatic carbocycles. The highest BCUT2D eigenvalue weighted by Gasteiger charge is 2.23. The summed E-state index contributed by atoms with van der Waals surface area (Å²) in [5.74, 6) is -0.210. The summed E-state index contributed by atoms with van der Waals surface area (Å²) in [5.41, 5.74) is 0. The number of quaternary nitrogens is 1. The van der Waals surface area contributed by atoms with Crippen LogP contribution in [0.15, 0.2) is 48.6 Å². The first-order chi connectivity index (χ1) is 29.0. The average Bonchev–Trinajstić information content (AvgIpc) is 3.20. The lowest BCUT2D eigenvalue weighted by Gasteiger charge is -2.29. The maximum Gasteiger partial charge on any atom is 0.268 e. The van der Waals surface area contributed by atoms with E-state index in [0.717, 1.165) is 44.9 Å². The molecule has 3 unspecified atom stereocenters. The number of nitrogens with one attached hydrogen (secondary N) is 1. The Bertz CT molecular complexity index is 1120. The van der Waals surface area contributed by atoms with Crippen molar-refractivity contribution < 1.29 is 32.9 Å². The van der Waals surface area contributed by atoms with Gasteiger partial charge >= 0.3 is 0 Å². The lowest BCUT2D eigenvalue weighted by Crippen LogP contribution is -2.45. The smallest absolute Gasteiger partial charge is 0.268 e. The van der Waals surface area contributed by atoms with E-state index in [4.69, 9.17) is 9.05 Å². The minimum atomic E-state index is -4.59. The van der Waals surface area contributed by atoms with Crippen LogP contribution < -0.4 is 10.2 Å². The quantitative estimate of drug-likeness (QED) is 0.0273. The van der Waals surface area contributed by atoms with Crippen LogP contribution in [0.5, 0.6) is 0 Å². The number of hydrogen-bond acceptors (Lipinski definition) is 6. The number of carbonyl (C=O) groups is 1. The van der Waals surface area contributed by atoms with E-state index in [-0.39, 0.29) is 12.5 Å². The molecule has 0 aliphatic rings. The summed E-state index contributed by atoms with van der Waals surface area (Å²) in [5, 5.41) is 13.7. The Morgan fingerprint density at radius 2 is 0.983 bits per heavy atom. The topological polar surface area (TPSA) is 108 Å². The van der Waals surface area contributed by atoms with Gasteiger partial charge in [0.25, 0.3) is 7.82 Å². The van der Waals surface area contributed by atoms with Crippen LogP contribution in [0.4, 0.5) is 0 Å². The average molecular weight is 865 g/mol. The predicted octanol–water partition coefficient (Wildman–Crippen LogP) is 13.8. The molecule has 0 aliphatic carbocycles. The number of aliphatic hydroxyl groups excluding tert-OH is 1. The van der Waals surface area contributed by atoms with Crippen molar-refractivity contribution in [2.24, 2.45) is 0 Å². The molecule has 0 saturated heterocycles. The van der Waals surface area contributed by atoms with Crippen molar-refractivity contribution in [2.75, 3.05) is 40.9 Å². The fourth-order valence-electron chi connectivity index (χ4n) is 7.02. The summed E-state index contributed by atoms with van der Waals surface area (Å²) in [6.45, 7) is 4.56. The van der Waals surface area contributed by atoms with Crippen molar-refractivity contribution in [3.63, 3.8) is 0 Å². The van der Waals surface area contributed by atoms with Crippen LogP contribution in [0.3, 0.4) is 0 Å². The predicted molar refractivity (Wildman–Crippen MR) is 256 cm³/mol. The van der Waals surface area contributed by atoms with Gasteiger partial charge in [-0.1, -0.05) is 197 Å². The SMILES string of the molecule is CCCCC/C=C/CC/C=C/C(O)C(COP(=O)([O-])OCC[N+](C)(C)C)NC(=O)CCCCCCCCCCCCCCCCCCC/C=C\C/C=C\CCCCCCC. The molecule has 0 heterocycles. The molecule has 0 saturated carbocycles. The minimum Gasteiger partial charge on any atom is -0.756 e. The van der Waals surface area contributed by atoms with Crippen LogP contribution in [-0.2, 0) is 18.4 Å². The van der Waals surface area contributed by atoms with Crippen LogP contribution >= 0.6 is 7.82 Å². The number of allylic oxidation sites excluding steroid dienone is 7. The largest absolute Gasteiger partial charge is 0.756 e. The molecule has 0 fully saturated rings. The molecule has 9 heteroatoms. The van der Waals surface area contributed by atoms with Gasteiger partial charge in [-0.3, -0.25) is 9.36 Å². The van der Waals surface area contributed by atoms with E-state index in [0.29, 0.717) is 17.4 Å². The number of phosphoric acid groups is 1. The Morgan fingerprint density at radius 1 is 0.583 bits per heavy atom. The highest BCUT2D eigenvalue weighted by molar-refractivity contribution is 7.45. The van der Waals surface area contributed by atoms with Crippen molar-refractivity contribution in [3.8, 4) is 0 Å². The van der Waals surface area contributed by atoms with Crippen LogP contribution in [-0.4, -0.2) is 68.5 Å². The zero-order chi connectivity index (χ0) is 44.3. The molecule has 0 bridgehead atoms. The van der Waals surface area contributed by atoms with Gasteiger partial charge in [0.1, 0.15) is 13.2 Å². The molecule has 0 aromatic rings. The van der Waals surface area contributed by atoms with E-state index < -0.39 is 26.6 Å². The van der Waals surface area contributed by atoms with Gasteiger partial charge in [0, 0.05) is 6.42 Å². The maximum absolute atomic E-state index is 12.8. The number of amides is 1. The van der Waals surface area contributed by atoms with Crippen LogP contribution in [0.2, 0.25) is 0 Å². The van der Waals surface area contributed by atoms with E-state index >= 15 is 0 Å². The number of unbranched alkanes of at least 4 members (excludes halogenated alkanes) is 26. The monoisotopic (exact) mass is 865 g/mol. The number of hydrogen-bond donors (Lipinski definition) is 2. The summed E-state index contributed by atoms with van der Waals surface area (Å²) in [4.78, 5) is 25.3. The Labute approximate surface area is 371 Å². The first-order valence-corrected chi connectivity index (χ1v) is 26.5. The normalized spacial score (nSPS) is 14.6. The molecule has 0 spiro atoms. The molecule has 3 atom stereocenters. The van der Waals surface area contributed by atoms with Gasteiger partial charge in [-0.2, -0.15) is 0 Å². The van der Waals surface area contributed by atoms with Crippen molar-refractivity contribution in [2.45, 2.75) is 231 Å². The summed E-state index contributed by atoms with van der Waals surface area (Å²) < 4.78 is 23.1. The number of likely N-dealkylation sites (N-methyl/N-ethyl adjacent to an activating group) is 1. The second-order valence-corrected chi connectivity index (χ2v) is 19.6. The van der Waals surface area contributed by atoms with E-state index in [9.17, 15) is 19.4 Å². The van der Waals surface area contributed by atoms with Crippen LogP contribution in [0, 0.1) is 0 Å². The Morgan fingerprint density at radius 3 is 1.48 bits per heavy atom. The maximum atomic E-state index is 12.8. The van der Waals surface area contributed by atoms with Gasteiger partial charge in [0.2, 0.25) is 5.91 Å². The van der Waals surface area contributed by atoms with Gasteiger partial charge in [0.15, 0.2) is 0 Å². The van der Waals surface area contributed by atoms with E-state index in [1.165, 1.54) is 154 Å². The molecule has 0 rings (SSSR count). The Balaban J connectivity index is 4.04. The van der Waals surface area contributed by atoms with Crippen LogP contribution in [0.25, 0.3) is 0 Å². The van der Waals surface area contributed by atoms with Crippen molar-refractivity contribution >= 4 is 13.7 Å². The van der Waals surface area contributed by atoms with Crippen molar-refractivity contribution in [1.82, 2.24) is 5.32 Å². The minimum absolute atomic E-state index is 0.00681. The molecular weight excluding hydrogens is 768 g/mol. The van der Waals surface area contributed by atoms with E-state index in [1.807, 2.05) is 27.2 Å². The van der Waals surface area contributed by atoms with E-state index in [2.05, 4.69) is 55.6 Å². The second kappa shape index (κ2) is 42.7. The Kier molecular flexibility index (Phi) is 41.6. The van der Waals surface area contributed by atoms with Crippen LogP contribution in [0.1, 0.15) is 219 Å². The molecule has 1 amide bonds. The van der Waals surface area contributed by atoms with Crippen molar-refractivity contribution in [1.29, 1.82) is 0 Å². The zero-order valence-electron chi connectivity index (χ0n) is 39.9. The van der Waals surface area contributed by atoms with Gasteiger partial charge in [-0.05, 0) is 64.2 Å². The molecule has 0 aromatic heterocycles. The highest BCUT2D eigenvalue weighted by atomic mass is 31.2. The molecular formula is C51H97N2O6P. The molecule has 8 nitrogen and oxygen atoms in total. The Hall–Kier alpha value is -1.54.